The molecule has 0 aromatic heterocycles. The van der Waals surface area contributed by atoms with Crippen molar-refractivity contribution in [2.24, 2.45) is 5.73 Å². The molecule has 0 aliphatic carbocycles. The molecule has 0 bridgehead atoms. The predicted octanol–water partition coefficient (Wildman–Crippen LogP) is -0.119. The van der Waals surface area contributed by atoms with Crippen LogP contribution in [0.3, 0.4) is 0 Å². The van der Waals surface area contributed by atoms with Gasteiger partial charge in [0.25, 0.3) is 0 Å². The molecule has 1 unspecified atom stereocenters. The zero-order chi connectivity index (χ0) is 11.0. The molecule has 0 saturated heterocycles. The third-order valence-electron chi connectivity index (χ3n) is 1.24. The molecule has 0 amide bonds. The molecule has 0 aromatic carbocycles. The Morgan fingerprint density at radius 1 is 1.71 bits per heavy atom. The number of nitrogens with one attached hydrogen (secondary N) is 1. The first-order valence-corrected chi connectivity index (χ1v) is 4.19. The highest BCUT2D eigenvalue weighted by molar-refractivity contribution is 5.86. The fourth-order valence-electron chi connectivity index (χ4n) is 0.547. The third kappa shape index (κ3) is 5.50. The average Bonchev–Trinajstić information content (AvgIpc) is 2.17. The topological polar surface area (TPSA) is 73.6 Å². The molecule has 0 aliphatic rings. The monoisotopic (exact) mass is 206 g/mol. The zero-order valence-corrected chi connectivity index (χ0v) is 8.09. The molecule has 3 N–H and O–H groups in total. The Balaban J connectivity index is 3.58. The standard InChI is InChI=1S/C8H15FN2O3/c1-3-13-8(12)6(2)11-14-5-7(9)4-10/h7,11H,2-5,10H2,1H3. The minimum absolute atomic E-state index is 0.0731. The molecular weight excluding hydrogens is 191 g/mol. The van der Waals surface area contributed by atoms with Gasteiger partial charge in [-0.25, -0.2) is 9.18 Å². The van der Waals surface area contributed by atoms with E-state index in [1.807, 2.05) is 0 Å². The minimum Gasteiger partial charge on any atom is -0.461 e. The molecule has 6 heteroatoms. The van der Waals surface area contributed by atoms with Gasteiger partial charge in [-0.3, -0.25) is 10.3 Å². The first-order chi connectivity index (χ1) is 6.61. The summed E-state index contributed by atoms with van der Waals surface area (Å²) in [6, 6.07) is 0. The lowest BCUT2D eigenvalue weighted by molar-refractivity contribution is -0.140. The minimum atomic E-state index is -1.27. The van der Waals surface area contributed by atoms with Crippen LogP contribution >= 0.6 is 0 Å². The van der Waals surface area contributed by atoms with Crippen LogP contribution in [-0.4, -0.2) is 31.9 Å². The first-order valence-electron chi connectivity index (χ1n) is 4.19. The lowest BCUT2D eigenvalue weighted by Gasteiger charge is -2.09. The highest BCUT2D eigenvalue weighted by Crippen LogP contribution is 1.92. The van der Waals surface area contributed by atoms with Crippen LogP contribution in [0.4, 0.5) is 4.39 Å². The summed E-state index contributed by atoms with van der Waals surface area (Å²) in [5.74, 6) is -0.629. The number of ether oxygens (including phenoxy) is 1. The normalized spacial score (nSPS) is 11.9. The van der Waals surface area contributed by atoms with Gasteiger partial charge in [-0.2, -0.15) is 0 Å². The zero-order valence-electron chi connectivity index (χ0n) is 8.09. The first kappa shape index (κ1) is 12.9. The van der Waals surface area contributed by atoms with Crippen LogP contribution in [0.2, 0.25) is 0 Å². The van der Waals surface area contributed by atoms with E-state index in [4.69, 9.17) is 5.73 Å². The van der Waals surface area contributed by atoms with Gasteiger partial charge in [0.15, 0.2) is 0 Å². The quantitative estimate of drug-likeness (QED) is 0.345. The van der Waals surface area contributed by atoms with E-state index >= 15 is 0 Å². The van der Waals surface area contributed by atoms with E-state index in [0.717, 1.165) is 0 Å². The molecule has 0 fully saturated rings. The maximum atomic E-state index is 12.5. The van der Waals surface area contributed by atoms with Gasteiger partial charge < -0.3 is 10.5 Å². The fraction of sp³-hybridized carbons (Fsp3) is 0.625. The molecule has 0 saturated carbocycles. The number of alkyl halides is 1. The number of halogens is 1. The van der Waals surface area contributed by atoms with Crippen LogP contribution in [-0.2, 0) is 14.4 Å². The van der Waals surface area contributed by atoms with Crippen molar-refractivity contribution in [2.75, 3.05) is 19.8 Å². The smallest absolute Gasteiger partial charge is 0.356 e. The molecule has 0 heterocycles. The summed E-state index contributed by atoms with van der Waals surface area (Å²) in [4.78, 5) is 15.5. The number of nitrogens with two attached hydrogens (primary N) is 1. The Kier molecular flexibility index (Phi) is 6.69. The molecule has 0 radical (unpaired) electrons. The number of rotatable bonds is 7. The largest absolute Gasteiger partial charge is 0.461 e. The molecule has 14 heavy (non-hydrogen) atoms. The fourth-order valence-corrected chi connectivity index (χ4v) is 0.547. The highest BCUT2D eigenvalue weighted by atomic mass is 19.1. The van der Waals surface area contributed by atoms with Crippen molar-refractivity contribution in [3.05, 3.63) is 12.3 Å². The summed E-state index contributed by atoms with van der Waals surface area (Å²) in [7, 11) is 0. The van der Waals surface area contributed by atoms with Crippen LogP contribution < -0.4 is 11.2 Å². The van der Waals surface area contributed by atoms with Gasteiger partial charge in [-0.1, -0.05) is 6.58 Å². The molecule has 5 nitrogen and oxygen atoms in total. The summed E-state index contributed by atoms with van der Waals surface area (Å²) in [6.07, 6.45) is -1.27. The van der Waals surface area contributed by atoms with E-state index < -0.39 is 12.1 Å². The van der Waals surface area contributed by atoms with Crippen molar-refractivity contribution in [1.82, 2.24) is 5.48 Å². The lowest BCUT2D eigenvalue weighted by Crippen LogP contribution is -2.28. The van der Waals surface area contributed by atoms with Crippen molar-refractivity contribution in [1.29, 1.82) is 0 Å². The molecule has 0 spiro atoms. The van der Waals surface area contributed by atoms with Gasteiger partial charge in [0.05, 0.1) is 6.61 Å². The van der Waals surface area contributed by atoms with E-state index in [-0.39, 0.29) is 25.5 Å². The summed E-state index contributed by atoms with van der Waals surface area (Å²) >= 11 is 0. The lowest BCUT2D eigenvalue weighted by atomic mass is 10.4. The third-order valence-corrected chi connectivity index (χ3v) is 1.24. The Labute approximate surface area is 82.0 Å². The van der Waals surface area contributed by atoms with Crippen LogP contribution in [0.5, 0.6) is 0 Å². The second-order valence-electron chi connectivity index (χ2n) is 2.45. The van der Waals surface area contributed by atoms with Crippen LogP contribution in [0, 0.1) is 0 Å². The number of carbonyl (C=O) groups is 1. The predicted molar refractivity (Wildman–Crippen MR) is 48.8 cm³/mol. The van der Waals surface area contributed by atoms with Gasteiger partial charge >= 0.3 is 5.97 Å². The summed E-state index contributed by atoms with van der Waals surface area (Å²) in [5, 5.41) is 0. The summed E-state index contributed by atoms with van der Waals surface area (Å²) in [5.41, 5.74) is 7.09. The SMILES string of the molecule is C=C(NOCC(F)CN)C(=O)OCC. The van der Waals surface area contributed by atoms with Gasteiger partial charge in [0.2, 0.25) is 0 Å². The van der Waals surface area contributed by atoms with E-state index in [2.05, 4.69) is 21.6 Å². The summed E-state index contributed by atoms with van der Waals surface area (Å²) in [6.45, 7) is 4.87. The molecular formula is C8H15FN2O3. The number of hydroxylamine groups is 1. The van der Waals surface area contributed by atoms with E-state index in [1.165, 1.54) is 0 Å². The number of hydrogen-bond acceptors (Lipinski definition) is 5. The van der Waals surface area contributed by atoms with E-state index in [1.54, 1.807) is 6.92 Å². The maximum Gasteiger partial charge on any atom is 0.356 e. The van der Waals surface area contributed by atoms with Gasteiger partial charge in [0.1, 0.15) is 18.5 Å². The second kappa shape index (κ2) is 7.28. The Morgan fingerprint density at radius 2 is 2.36 bits per heavy atom. The second-order valence-corrected chi connectivity index (χ2v) is 2.45. The van der Waals surface area contributed by atoms with Crippen LogP contribution in [0.1, 0.15) is 6.92 Å². The summed E-state index contributed by atoms with van der Waals surface area (Å²) < 4.78 is 17.1. The molecule has 0 aromatic rings. The van der Waals surface area contributed by atoms with Crippen molar-refractivity contribution in [2.45, 2.75) is 13.1 Å². The van der Waals surface area contributed by atoms with E-state index in [0.29, 0.717) is 0 Å². The number of hydrogen-bond donors (Lipinski definition) is 2. The number of esters is 1. The van der Waals surface area contributed by atoms with Gasteiger partial charge in [-0.15, -0.1) is 0 Å². The van der Waals surface area contributed by atoms with Crippen molar-refractivity contribution >= 4 is 5.97 Å². The Bertz CT molecular complexity index is 199. The molecule has 0 aliphatic heterocycles. The Hall–Kier alpha value is -1.14. The molecule has 82 valence electrons. The Morgan fingerprint density at radius 3 is 2.86 bits per heavy atom. The van der Waals surface area contributed by atoms with E-state index in [9.17, 15) is 9.18 Å². The van der Waals surface area contributed by atoms with Crippen LogP contribution in [0.25, 0.3) is 0 Å². The van der Waals surface area contributed by atoms with Crippen molar-refractivity contribution in [3.63, 3.8) is 0 Å². The van der Waals surface area contributed by atoms with Gasteiger partial charge in [-0.05, 0) is 6.92 Å². The molecule has 0 rings (SSSR count). The average molecular weight is 206 g/mol. The number of carbonyl (C=O) groups excluding carboxylic acids is 1. The molecule has 1 atom stereocenters. The van der Waals surface area contributed by atoms with Crippen molar-refractivity contribution < 1.29 is 18.8 Å². The highest BCUT2D eigenvalue weighted by Gasteiger charge is 2.08. The van der Waals surface area contributed by atoms with Crippen LogP contribution in [0.15, 0.2) is 12.3 Å². The van der Waals surface area contributed by atoms with Crippen molar-refractivity contribution in [3.8, 4) is 0 Å². The maximum absolute atomic E-state index is 12.5. The van der Waals surface area contributed by atoms with Gasteiger partial charge in [0, 0.05) is 6.54 Å².